The second-order valence-corrected chi connectivity index (χ2v) is 9.32. The van der Waals surface area contributed by atoms with Crippen LogP contribution in [0.4, 0.5) is 8.78 Å². The molecule has 0 amide bonds. The second-order valence-electron chi connectivity index (χ2n) is 9.32. The van der Waals surface area contributed by atoms with E-state index in [0.29, 0.717) is 17.3 Å². The quantitative estimate of drug-likeness (QED) is 0.402. The zero-order valence-corrected chi connectivity index (χ0v) is 18.5. The van der Waals surface area contributed by atoms with Crippen molar-refractivity contribution in [2.24, 2.45) is 5.41 Å². The van der Waals surface area contributed by atoms with Gasteiger partial charge in [0, 0.05) is 6.20 Å². The van der Waals surface area contributed by atoms with E-state index in [-0.39, 0.29) is 22.6 Å². The number of halogens is 2. The van der Waals surface area contributed by atoms with Crippen molar-refractivity contribution in [1.29, 1.82) is 0 Å². The van der Waals surface area contributed by atoms with Gasteiger partial charge in [0.15, 0.2) is 5.69 Å². The van der Waals surface area contributed by atoms with Crippen LogP contribution < -0.4 is 0 Å². The number of benzene rings is 1. The van der Waals surface area contributed by atoms with Crippen LogP contribution in [0.25, 0.3) is 22.8 Å². The van der Waals surface area contributed by atoms with Crippen molar-refractivity contribution in [2.75, 3.05) is 0 Å². The predicted molar refractivity (Wildman–Crippen MR) is 119 cm³/mol. The van der Waals surface area contributed by atoms with E-state index < -0.39 is 17.0 Å². The highest BCUT2D eigenvalue weighted by Crippen LogP contribution is 2.69. The van der Waals surface area contributed by atoms with Gasteiger partial charge in [-0.2, -0.15) is 10.1 Å². The van der Waals surface area contributed by atoms with Crippen molar-refractivity contribution in [3.63, 3.8) is 0 Å². The van der Waals surface area contributed by atoms with Gasteiger partial charge in [0.1, 0.15) is 23.6 Å². The van der Waals surface area contributed by atoms with Gasteiger partial charge in [-0.25, -0.2) is 13.8 Å². The van der Waals surface area contributed by atoms with Crippen LogP contribution in [0.2, 0.25) is 0 Å². The van der Waals surface area contributed by atoms with Crippen molar-refractivity contribution < 1.29 is 13.2 Å². The van der Waals surface area contributed by atoms with E-state index >= 15 is 0 Å². The van der Waals surface area contributed by atoms with Gasteiger partial charge in [-0.05, 0) is 53.9 Å². The molecule has 0 aliphatic heterocycles. The summed E-state index contributed by atoms with van der Waals surface area (Å²) in [5.74, 6) is 1.53. The lowest BCUT2D eigenvalue weighted by Gasteiger charge is -2.37. The summed E-state index contributed by atoms with van der Waals surface area (Å²) in [7, 11) is 0. The summed E-state index contributed by atoms with van der Waals surface area (Å²) in [5, 5.41) is 8.81. The lowest BCUT2D eigenvalue weighted by molar-refractivity contribution is 0.242. The van der Waals surface area contributed by atoms with Crippen molar-refractivity contribution in [2.45, 2.75) is 38.0 Å². The number of rotatable bonds is 3. The van der Waals surface area contributed by atoms with Crippen LogP contribution in [0.5, 0.6) is 0 Å². The molecule has 2 atom stereocenters. The largest absolute Gasteiger partial charge is 0.442 e. The first-order valence-electron chi connectivity index (χ1n) is 10.9. The van der Waals surface area contributed by atoms with E-state index in [0.717, 1.165) is 29.8 Å². The van der Waals surface area contributed by atoms with E-state index in [1.807, 2.05) is 0 Å². The molecule has 2 bridgehead atoms. The molecule has 0 N–H and O–H groups in total. The molecule has 2 aliphatic rings. The van der Waals surface area contributed by atoms with Gasteiger partial charge >= 0.3 is 0 Å². The monoisotopic (exact) mass is 455 g/mol. The third-order valence-electron chi connectivity index (χ3n) is 7.54. The summed E-state index contributed by atoms with van der Waals surface area (Å²) in [6.45, 7) is 4.34. The van der Waals surface area contributed by atoms with Crippen molar-refractivity contribution >= 4 is 0 Å². The van der Waals surface area contributed by atoms with E-state index in [1.165, 1.54) is 24.5 Å². The Balaban J connectivity index is 1.51. The Morgan fingerprint density at radius 3 is 2.62 bits per heavy atom. The van der Waals surface area contributed by atoms with E-state index in [4.69, 9.17) is 15.8 Å². The van der Waals surface area contributed by atoms with Gasteiger partial charge < -0.3 is 4.42 Å². The number of aromatic nitrogens is 5. The second kappa shape index (κ2) is 7.00. The molecule has 1 aromatic carbocycles. The molecule has 2 aliphatic carbocycles. The summed E-state index contributed by atoms with van der Waals surface area (Å²) < 4.78 is 34.4. The maximum absolute atomic E-state index is 14.4. The lowest BCUT2D eigenvalue weighted by atomic mass is 9.66. The maximum atomic E-state index is 14.4. The minimum Gasteiger partial charge on any atom is -0.442 e. The summed E-state index contributed by atoms with van der Waals surface area (Å²) in [6, 6.07) is 5.56. The fraction of sp³-hybridized carbons (Fsp3) is 0.269. The Hall–Kier alpha value is -3.99. The van der Waals surface area contributed by atoms with Gasteiger partial charge in [-0.15, -0.1) is 11.5 Å². The molecule has 4 aromatic rings. The van der Waals surface area contributed by atoms with E-state index in [9.17, 15) is 8.78 Å². The minimum absolute atomic E-state index is 0.131. The molecule has 8 heteroatoms. The van der Waals surface area contributed by atoms with Crippen LogP contribution in [0.15, 0.2) is 47.3 Å². The Morgan fingerprint density at radius 2 is 1.88 bits per heavy atom. The normalized spacial score (nSPS) is 21.9. The molecule has 0 radical (unpaired) electrons. The number of hydrogen-bond acceptors (Lipinski definition) is 6. The number of oxazole rings is 1. The topological polar surface area (TPSA) is 77.6 Å². The molecule has 3 aromatic heterocycles. The first kappa shape index (κ1) is 20.6. The van der Waals surface area contributed by atoms with E-state index in [2.05, 4.69) is 39.9 Å². The molecular formula is C26H19F2N5O. The van der Waals surface area contributed by atoms with Crippen LogP contribution in [0, 0.1) is 29.4 Å². The van der Waals surface area contributed by atoms with Crippen LogP contribution >= 0.6 is 0 Å². The average molecular weight is 455 g/mol. The molecule has 1 saturated carbocycles. The number of nitrogens with zero attached hydrogens (tertiary/aromatic N) is 5. The summed E-state index contributed by atoms with van der Waals surface area (Å²) in [4.78, 5) is 13.6. The molecule has 0 unspecified atom stereocenters. The summed E-state index contributed by atoms with van der Waals surface area (Å²) >= 11 is 0. The van der Waals surface area contributed by atoms with Crippen LogP contribution in [0.1, 0.15) is 55.3 Å². The summed E-state index contributed by atoms with van der Waals surface area (Å²) in [6.07, 6.45) is 11.8. The smallest absolute Gasteiger partial charge is 0.247 e. The lowest BCUT2D eigenvalue weighted by Crippen LogP contribution is -2.38. The fourth-order valence-corrected chi connectivity index (χ4v) is 5.89. The highest BCUT2D eigenvalue weighted by atomic mass is 19.1. The summed E-state index contributed by atoms with van der Waals surface area (Å²) in [5.41, 5.74) is 2.50. The molecule has 168 valence electrons. The van der Waals surface area contributed by atoms with Gasteiger partial charge in [0.25, 0.3) is 0 Å². The third-order valence-corrected chi connectivity index (χ3v) is 7.54. The average Bonchev–Trinajstić information content (AvgIpc) is 3.47. The minimum atomic E-state index is -0.665. The van der Waals surface area contributed by atoms with Crippen LogP contribution in [-0.2, 0) is 5.41 Å². The van der Waals surface area contributed by atoms with Gasteiger partial charge in [-0.3, -0.25) is 4.98 Å². The number of hydrogen-bond donors (Lipinski definition) is 0. The highest BCUT2D eigenvalue weighted by molar-refractivity contribution is 5.64. The zero-order valence-electron chi connectivity index (χ0n) is 18.5. The van der Waals surface area contributed by atoms with Crippen molar-refractivity contribution in [1.82, 2.24) is 25.1 Å². The van der Waals surface area contributed by atoms with Crippen molar-refractivity contribution in [3.8, 4) is 35.2 Å². The number of terminal acetylenes is 1. The molecule has 6 nitrogen and oxygen atoms in total. The Morgan fingerprint density at radius 1 is 1.09 bits per heavy atom. The van der Waals surface area contributed by atoms with Gasteiger partial charge in [0.05, 0.1) is 34.3 Å². The molecule has 3 heterocycles. The molecule has 0 saturated heterocycles. The zero-order chi connectivity index (χ0) is 23.7. The standard InChI is InChI=1S/C26H19F2N5O/c1-4-14-13-34-24(30-14)20-11-29-12-21(31-20)26-9-8-16(25(26,2)3)15-10-19(32-33-23(15)26)22-17(27)6-5-7-18(22)28/h1,5-7,10-13,16H,8-9H2,2-3H3/t16-,26-/m0/s1. The van der Waals surface area contributed by atoms with Gasteiger partial charge in [0.2, 0.25) is 5.89 Å². The molecular weight excluding hydrogens is 436 g/mol. The number of fused-ring (bicyclic) bond motifs is 5. The highest BCUT2D eigenvalue weighted by Gasteiger charge is 2.65. The maximum Gasteiger partial charge on any atom is 0.247 e. The third kappa shape index (κ3) is 2.58. The predicted octanol–water partition coefficient (Wildman–Crippen LogP) is 5.05. The van der Waals surface area contributed by atoms with Gasteiger partial charge in [-0.1, -0.05) is 19.9 Å². The first-order valence-corrected chi connectivity index (χ1v) is 10.9. The fourth-order valence-electron chi connectivity index (χ4n) is 5.89. The van der Waals surface area contributed by atoms with Crippen LogP contribution in [-0.4, -0.2) is 25.1 Å². The molecule has 1 fully saturated rings. The Kier molecular flexibility index (Phi) is 4.24. The Labute approximate surface area is 194 Å². The van der Waals surface area contributed by atoms with Crippen molar-refractivity contribution in [3.05, 3.63) is 77.2 Å². The van der Waals surface area contributed by atoms with Crippen LogP contribution in [0.3, 0.4) is 0 Å². The Bertz CT molecular complexity index is 1490. The SMILES string of the molecule is C#Cc1coc(-c2cncc([C@@]34CC[C@@H](c5cc(-c6c(F)cccc6F)nnc53)C4(C)C)n2)n1. The van der Waals surface area contributed by atoms with E-state index in [1.54, 1.807) is 18.5 Å². The molecule has 0 spiro atoms. The first-order chi connectivity index (χ1) is 16.4. The molecule has 6 rings (SSSR count). The molecule has 34 heavy (non-hydrogen) atoms.